The molecule has 0 unspecified atom stereocenters. The molecule has 9 heteroatoms. The highest BCUT2D eigenvalue weighted by molar-refractivity contribution is 7.89. The quantitative estimate of drug-likeness (QED) is 0.640. The van der Waals surface area contributed by atoms with E-state index >= 15 is 0 Å². The van der Waals surface area contributed by atoms with E-state index in [0.29, 0.717) is 6.07 Å². The Hall–Kier alpha value is -1.19. The molecule has 0 fully saturated rings. The van der Waals surface area contributed by atoms with E-state index in [1.807, 2.05) is 0 Å². The second-order valence-corrected chi connectivity index (χ2v) is 6.89. The van der Waals surface area contributed by atoms with Crippen LogP contribution in [0.2, 0.25) is 0 Å². The summed E-state index contributed by atoms with van der Waals surface area (Å²) in [6.45, 7) is 0.103. The highest BCUT2D eigenvalue weighted by atomic mass is 32.2. The van der Waals surface area contributed by atoms with Crippen LogP contribution in [0.5, 0.6) is 0 Å². The fourth-order valence-electron chi connectivity index (χ4n) is 1.52. The van der Waals surface area contributed by atoms with Crippen LogP contribution in [-0.2, 0) is 22.7 Å². The van der Waals surface area contributed by atoms with Gasteiger partial charge in [0.1, 0.15) is 5.82 Å². The van der Waals surface area contributed by atoms with Crippen LogP contribution in [0.3, 0.4) is 0 Å². The fraction of sp³-hybridized carbons (Fsp3) is 0.500. The Morgan fingerprint density at radius 1 is 1.24 bits per heavy atom. The molecule has 0 aliphatic carbocycles. The van der Waals surface area contributed by atoms with Crippen molar-refractivity contribution in [3.8, 4) is 0 Å². The largest absolute Gasteiger partial charge is 0.419 e. The van der Waals surface area contributed by atoms with Crippen molar-refractivity contribution in [1.82, 2.24) is 9.62 Å². The Bertz CT molecular complexity index is 585. The Kier molecular flexibility index (Phi) is 5.71. The van der Waals surface area contributed by atoms with Crippen LogP contribution in [0.1, 0.15) is 11.1 Å². The van der Waals surface area contributed by atoms with Crippen LogP contribution in [0, 0.1) is 5.82 Å². The number of halogens is 4. The van der Waals surface area contributed by atoms with Gasteiger partial charge in [0.2, 0.25) is 10.0 Å². The Labute approximate surface area is 120 Å². The number of benzene rings is 1. The van der Waals surface area contributed by atoms with E-state index in [1.54, 1.807) is 0 Å². The molecule has 1 aromatic rings. The van der Waals surface area contributed by atoms with Gasteiger partial charge < -0.3 is 5.32 Å². The number of alkyl halides is 3. The summed E-state index contributed by atoms with van der Waals surface area (Å²) in [5, 5.41) is 2.72. The van der Waals surface area contributed by atoms with Gasteiger partial charge in [-0.2, -0.15) is 13.2 Å². The van der Waals surface area contributed by atoms with Crippen LogP contribution in [0.4, 0.5) is 17.6 Å². The van der Waals surface area contributed by atoms with Crippen molar-refractivity contribution >= 4 is 10.0 Å². The maximum atomic E-state index is 13.1. The van der Waals surface area contributed by atoms with Gasteiger partial charge in [-0.3, -0.25) is 0 Å². The van der Waals surface area contributed by atoms with Gasteiger partial charge in [-0.1, -0.05) is 6.07 Å². The minimum atomic E-state index is -4.76. The Balaban J connectivity index is 2.62. The van der Waals surface area contributed by atoms with Crippen molar-refractivity contribution in [2.24, 2.45) is 0 Å². The summed E-state index contributed by atoms with van der Waals surface area (Å²) >= 11 is 0. The molecule has 0 aromatic heterocycles. The lowest BCUT2D eigenvalue weighted by Crippen LogP contribution is -2.31. The number of sulfonamides is 1. The van der Waals surface area contributed by atoms with E-state index in [0.717, 1.165) is 10.4 Å². The molecule has 1 rings (SSSR count). The summed E-state index contributed by atoms with van der Waals surface area (Å²) in [4.78, 5) is 0. The number of nitrogens with zero attached hydrogens (tertiary/aromatic N) is 1. The van der Waals surface area contributed by atoms with E-state index < -0.39 is 27.6 Å². The second-order valence-electron chi connectivity index (χ2n) is 4.59. The smallest absolute Gasteiger partial charge is 0.312 e. The van der Waals surface area contributed by atoms with Gasteiger partial charge in [-0.25, -0.2) is 17.1 Å². The molecule has 4 nitrogen and oxygen atoms in total. The lowest BCUT2D eigenvalue weighted by molar-refractivity contribution is -0.140. The molecule has 0 radical (unpaired) electrons. The van der Waals surface area contributed by atoms with Crippen molar-refractivity contribution in [3.63, 3.8) is 0 Å². The third kappa shape index (κ3) is 5.25. The van der Waals surface area contributed by atoms with Crippen LogP contribution in [0.15, 0.2) is 18.2 Å². The molecule has 21 heavy (non-hydrogen) atoms. The number of hydrogen-bond acceptors (Lipinski definition) is 3. The average molecular weight is 328 g/mol. The molecule has 0 atom stereocenters. The molecule has 1 aromatic carbocycles. The minimum absolute atomic E-state index is 0.0201. The lowest BCUT2D eigenvalue weighted by Gasteiger charge is -2.12. The van der Waals surface area contributed by atoms with E-state index in [2.05, 4.69) is 5.32 Å². The van der Waals surface area contributed by atoms with Crippen LogP contribution < -0.4 is 5.32 Å². The monoisotopic (exact) mass is 328 g/mol. The van der Waals surface area contributed by atoms with Gasteiger partial charge in [-0.15, -0.1) is 0 Å². The summed E-state index contributed by atoms with van der Waals surface area (Å²) < 4.78 is 74.6. The van der Waals surface area contributed by atoms with Crippen LogP contribution >= 0.6 is 0 Å². The summed E-state index contributed by atoms with van der Waals surface area (Å²) in [6.07, 6.45) is -4.76. The molecular weight excluding hydrogens is 312 g/mol. The van der Waals surface area contributed by atoms with E-state index in [4.69, 9.17) is 0 Å². The molecule has 0 aliphatic heterocycles. The van der Waals surface area contributed by atoms with Crippen molar-refractivity contribution in [3.05, 3.63) is 35.1 Å². The molecule has 0 aliphatic rings. The predicted octanol–water partition coefficient (Wildman–Crippen LogP) is 1.83. The SMILES string of the molecule is CN(C)S(=O)(=O)CCNCc1ccc(F)c(C(F)(F)F)c1. The van der Waals surface area contributed by atoms with Gasteiger partial charge in [-0.05, 0) is 17.7 Å². The van der Waals surface area contributed by atoms with Crippen LogP contribution in [-0.4, -0.2) is 39.1 Å². The minimum Gasteiger partial charge on any atom is -0.312 e. The number of nitrogens with one attached hydrogen (secondary N) is 1. The molecule has 0 saturated heterocycles. The summed E-state index contributed by atoms with van der Waals surface area (Å²) in [6, 6.07) is 2.68. The van der Waals surface area contributed by atoms with E-state index in [1.165, 1.54) is 20.2 Å². The third-order valence-corrected chi connectivity index (χ3v) is 4.59. The Morgan fingerprint density at radius 3 is 2.38 bits per heavy atom. The van der Waals surface area contributed by atoms with Crippen molar-refractivity contribution in [2.45, 2.75) is 12.7 Å². The third-order valence-electron chi connectivity index (χ3n) is 2.76. The average Bonchev–Trinajstić information content (AvgIpc) is 2.34. The summed E-state index contributed by atoms with van der Waals surface area (Å²) in [5.74, 6) is -1.51. The van der Waals surface area contributed by atoms with Crippen molar-refractivity contribution in [2.75, 3.05) is 26.4 Å². The highest BCUT2D eigenvalue weighted by Gasteiger charge is 2.34. The molecule has 0 amide bonds. The zero-order valence-corrected chi connectivity index (χ0v) is 12.4. The normalized spacial score (nSPS) is 12.9. The number of hydrogen-bond donors (Lipinski definition) is 1. The highest BCUT2D eigenvalue weighted by Crippen LogP contribution is 2.31. The van der Waals surface area contributed by atoms with Crippen molar-refractivity contribution < 1.29 is 26.0 Å². The van der Waals surface area contributed by atoms with E-state index in [9.17, 15) is 26.0 Å². The van der Waals surface area contributed by atoms with E-state index in [-0.39, 0.29) is 24.4 Å². The van der Waals surface area contributed by atoms with Crippen molar-refractivity contribution in [1.29, 1.82) is 0 Å². The molecule has 1 N–H and O–H groups in total. The molecular formula is C12H16F4N2O2S. The molecule has 0 spiro atoms. The first-order valence-corrected chi connectivity index (χ1v) is 7.61. The summed E-state index contributed by atoms with van der Waals surface area (Å²) in [5.41, 5.74) is -1.10. The molecule has 120 valence electrons. The van der Waals surface area contributed by atoms with Crippen LogP contribution in [0.25, 0.3) is 0 Å². The first-order chi connectivity index (χ1) is 9.54. The van der Waals surface area contributed by atoms with Gasteiger partial charge in [0.05, 0.1) is 11.3 Å². The maximum Gasteiger partial charge on any atom is 0.419 e. The second kappa shape index (κ2) is 6.71. The molecule has 0 heterocycles. The first-order valence-electron chi connectivity index (χ1n) is 6.00. The summed E-state index contributed by atoms with van der Waals surface area (Å²) in [7, 11) is -0.572. The Morgan fingerprint density at radius 2 is 1.86 bits per heavy atom. The zero-order chi connectivity index (χ0) is 16.3. The lowest BCUT2D eigenvalue weighted by atomic mass is 10.1. The molecule has 0 bridgehead atoms. The van der Waals surface area contributed by atoms with Gasteiger partial charge >= 0.3 is 6.18 Å². The zero-order valence-electron chi connectivity index (χ0n) is 11.5. The van der Waals surface area contributed by atoms with Gasteiger partial charge in [0.15, 0.2) is 0 Å². The van der Waals surface area contributed by atoms with Gasteiger partial charge in [0.25, 0.3) is 0 Å². The fourth-order valence-corrected chi connectivity index (χ4v) is 2.28. The topological polar surface area (TPSA) is 49.4 Å². The standard InChI is InChI=1S/C12H16F4N2O2S/c1-18(2)21(19,20)6-5-17-8-9-3-4-11(13)10(7-9)12(14,15)16/h3-4,7,17H,5-6,8H2,1-2H3. The maximum absolute atomic E-state index is 13.1. The molecule has 0 saturated carbocycles. The predicted molar refractivity (Wildman–Crippen MR) is 70.6 cm³/mol. The number of rotatable bonds is 6. The first kappa shape index (κ1) is 17.9. The van der Waals surface area contributed by atoms with Gasteiger partial charge in [0, 0.05) is 27.2 Å².